The third-order valence-corrected chi connectivity index (χ3v) is 10.1. The summed E-state index contributed by atoms with van der Waals surface area (Å²) in [6, 6.07) is 23.6. The average Bonchev–Trinajstić information content (AvgIpc) is 3.42. The number of hydrogen-bond donors (Lipinski definition) is 0. The number of hydrogen-bond acceptors (Lipinski definition) is 7. The Kier molecular flexibility index (Phi) is 9.73. The van der Waals surface area contributed by atoms with Crippen LogP contribution in [0.3, 0.4) is 0 Å². The van der Waals surface area contributed by atoms with Crippen molar-refractivity contribution < 1.29 is 19.1 Å². The Labute approximate surface area is 259 Å². The van der Waals surface area contributed by atoms with Gasteiger partial charge >= 0.3 is 5.97 Å². The molecular weight excluding hydrogens is 570 g/mol. The number of nitrogens with zero attached hydrogens (tertiary/aromatic N) is 3. The number of esters is 1. The highest BCUT2D eigenvalue weighted by molar-refractivity contribution is 6.76. The number of ketones is 1. The molecule has 4 aromatic rings. The summed E-state index contributed by atoms with van der Waals surface area (Å²) in [5.41, 5.74) is 2.97. The van der Waals surface area contributed by atoms with Gasteiger partial charge < -0.3 is 9.47 Å². The van der Waals surface area contributed by atoms with Gasteiger partial charge in [-0.1, -0.05) is 66.8 Å². The monoisotopic (exact) mass is 611 g/mol. The van der Waals surface area contributed by atoms with Gasteiger partial charge in [-0.25, -0.2) is 4.68 Å². The Morgan fingerprint density at radius 1 is 0.955 bits per heavy atom. The first-order valence-electron chi connectivity index (χ1n) is 15.4. The van der Waals surface area contributed by atoms with Gasteiger partial charge in [-0.15, -0.1) is 5.10 Å². The molecule has 0 amide bonds. The minimum absolute atomic E-state index is 0.0944. The molecule has 0 radical (unpaired) electrons. The fourth-order valence-electron chi connectivity index (χ4n) is 5.88. The molecule has 8 nitrogen and oxygen atoms in total. The highest BCUT2D eigenvalue weighted by atomic mass is 28.3. The van der Waals surface area contributed by atoms with Crippen LogP contribution >= 0.6 is 0 Å². The number of benzene rings is 3. The SMILES string of the molecule is Cc1ccc2nnn(CC3CCC(C(=O)c4ccc(OCCc5ccccc5)cc4)C3C(=O)OCC[Si](C)(C)C)c(=O)c2c1. The molecule has 9 heteroatoms. The predicted octanol–water partition coefficient (Wildman–Crippen LogP) is 6.13. The molecule has 1 fully saturated rings. The summed E-state index contributed by atoms with van der Waals surface area (Å²) in [7, 11) is -1.43. The number of carbonyl (C=O) groups excluding carboxylic acids is 2. The average molecular weight is 612 g/mol. The molecule has 1 aliphatic carbocycles. The van der Waals surface area contributed by atoms with Gasteiger partial charge in [0.1, 0.15) is 11.3 Å². The Morgan fingerprint density at radius 2 is 1.70 bits per heavy atom. The van der Waals surface area contributed by atoms with Crippen molar-refractivity contribution in [3.63, 3.8) is 0 Å². The number of aromatic nitrogens is 3. The summed E-state index contributed by atoms with van der Waals surface area (Å²) < 4.78 is 13.0. The Hall–Kier alpha value is -4.11. The second kappa shape index (κ2) is 13.7. The first-order valence-corrected chi connectivity index (χ1v) is 19.1. The van der Waals surface area contributed by atoms with E-state index in [2.05, 4.69) is 42.1 Å². The normalized spacial score (nSPS) is 18.3. The van der Waals surface area contributed by atoms with Crippen molar-refractivity contribution >= 4 is 30.7 Å². The number of aryl methyl sites for hydroxylation is 1. The van der Waals surface area contributed by atoms with Gasteiger partial charge in [0.15, 0.2) is 5.78 Å². The van der Waals surface area contributed by atoms with Crippen LogP contribution in [-0.2, 0) is 22.5 Å². The summed E-state index contributed by atoms with van der Waals surface area (Å²) in [6.07, 6.45) is 1.92. The zero-order valence-corrected chi connectivity index (χ0v) is 27.0. The summed E-state index contributed by atoms with van der Waals surface area (Å²) >= 11 is 0. The van der Waals surface area contributed by atoms with Crippen molar-refractivity contribution in [2.75, 3.05) is 13.2 Å². The fourth-order valence-corrected chi connectivity index (χ4v) is 6.60. The number of rotatable bonds is 12. The lowest BCUT2D eigenvalue weighted by Gasteiger charge is -2.24. The van der Waals surface area contributed by atoms with Gasteiger partial charge in [0.25, 0.3) is 5.56 Å². The van der Waals surface area contributed by atoms with E-state index in [1.807, 2.05) is 31.2 Å². The zero-order valence-electron chi connectivity index (χ0n) is 26.0. The molecule has 1 aliphatic rings. The Morgan fingerprint density at radius 3 is 2.43 bits per heavy atom. The van der Waals surface area contributed by atoms with Crippen molar-refractivity contribution in [1.29, 1.82) is 0 Å². The fraction of sp³-hybridized carbons (Fsp3) is 0.400. The van der Waals surface area contributed by atoms with Crippen LogP contribution in [0.1, 0.15) is 34.3 Å². The van der Waals surface area contributed by atoms with Crippen molar-refractivity contribution in [2.24, 2.45) is 17.8 Å². The van der Waals surface area contributed by atoms with E-state index in [1.54, 1.807) is 36.4 Å². The van der Waals surface area contributed by atoms with E-state index in [0.717, 1.165) is 18.0 Å². The molecular formula is C35H41N3O5Si. The summed E-state index contributed by atoms with van der Waals surface area (Å²) in [5, 5.41) is 8.91. The zero-order chi connectivity index (χ0) is 31.3. The third-order valence-electron chi connectivity index (χ3n) is 8.42. The summed E-state index contributed by atoms with van der Waals surface area (Å²) in [6.45, 7) is 9.67. The van der Waals surface area contributed by atoms with Gasteiger partial charge in [-0.3, -0.25) is 14.4 Å². The molecule has 0 spiro atoms. The molecule has 0 bridgehead atoms. The molecule has 5 rings (SSSR count). The topological polar surface area (TPSA) is 100 Å². The molecule has 3 unspecified atom stereocenters. The van der Waals surface area contributed by atoms with Crippen molar-refractivity contribution in [1.82, 2.24) is 15.0 Å². The lowest BCUT2D eigenvalue weighted by atomic mass is 9.84. The van der Waals surface area contributed by atoms with Gasteiger partial charge in [0.2, 0.25) is 0 Å². The van der Waals surface area contributed by atoms with E-state index in [1.165, 1.54) is 10.2 Å². The van der Waals surface area contributed by atoms with Crippen molar-refractivity contribution in [3.05, 3.63) is 99.8 Å². The first-order chi connectivity index (χ1) is 21.1. The van der Waals surface area contributed by atoms with Crippen LogP contribution < -0.4 is 10.3 Å². The minimum atomic E-state index is -1.43. The molecule has 0 aliphatic heterocycles. The molecule has 1 saturated carbocycles. The Balaban J connectivity index is 1.32. The maximum Gasteiger partial charge on any atom is 0.310 e. The van der Waals surface area contributed by atoms with Crippen LogP contribution in [0, 0.1) is 24.7 Å². The molecule has 3 aromatic carbocycles. The lowest BCUT2D eigenvalue weighted by molar-refractivity contribution is -0.150. The van der Waals surface area contributed by atoms with Crippen LogP contribution in [0.2, 0.25) is 25.7 Å². The minimum Gasteiger partial charge on any atom is -0.493 e. The molecule has 230 valence electrons. The maximum absolute atomic E-state index is 13.8. The Bertz CT molecular complexity index is 1660. The standard InChI is InChI=1S/C35H41N3O5Si/c1-24-10-17-31-30(22-24)34(40)38(37-36-31)23-27-13-16-29(32(27)35(41)43-20-21-44(2,3)4)33(39)26-11-14-28(15-12-26)42-19-18-25-8-6-5-7-9-25/h5-12,14-15,17,22,27,29,32H,13,16,18-21,23H2,1-4H3. The number of fused-ring (bicyclic) bond motifs is 1. The highest BCUT2D eigenvalue weighted by Gasteiger charge is 2.46. The van der Waals surface area contributed by atoms with Gasteiger partial charge in [-0.2, -0.15) is 0 Å². The van der Waals surface area contributed by atoms with E-state index in [0.29, 0.717) is 48.3 Å². The number of carbonyl (C=O) groups is 2. The molecule has 0 saturated heterocycles. The largest absolute Gasteiger partial charge is 0.493 e. The van der Waals surface area contributed by atoms with E-state index in [-0.39, 0.29) is 29.8 Å². The molecule has 3 atom stereocenters. The van der Waals surface area contributed by atoms with Crippen molar-refractivity contribution in [2.45, 2.75) is 58.4 Å². The van der Waals surface area contributed by atoms with Crippen molar-refractivity contribution in [3.8, 4) is 5.75 Å². The quantitative estimate of drug-likeness (QED) is 0.108. The second-order valence-electron chi connectivity index (χ2n) is 13.0. The summed E-state index contributed by atoms with van der Waals surface area (Å²) in [4.78, 5) is 40.8. The van der Waals surface area contributed by atoms with Gasteiger partial charge in [0, 0.05) is 26.0 Å². The molecule has 1 heterocycles. The van der Waals surface area contributed by atoms with Crippen LogP contribution in [0.15, 0.2) is 77.6 Å². The molecule has 44 heavy (non-hydrogen) atoms. The number of ether oxygens (including phenoxy) is 2. The summed E-state index contributed by atoms with van der Waals surface area (Å²) in [5.74, 6) is -1.28. The smallest absolute Gasteiger partial charge is 0.310 e. The maximum atomic E-state index is 13.8. The van der Waals surface area contributed by atoms with Gasteiger partial charge in [0.05, 0.1) is 31.1 Å². The lowest BCUT2D eigenvalue weighted by Crippen LogP contribution is -2.36. The molecule has 0 N–H and O–H groups in total. The number of Topliss-reactive ketones (excluding diaryl/α,β-unsaturated/α-hetero) is 1. The first kappa shape index (κ1) is 31.3. The van der Waals surface area contributed by atoms with Crippen LogP contribution in [0.5, 0.6) is 5.75 Å². The second-order valence-corrected chi connectivity index (χ2v) is 18.6. The highest BCUT2D eigenvalue weighted by Crippen LogP contribution is 2.41. The van der Waals surface area contributed by atoms with E-state index in [4.69, 9.17) is 9.47 Å². The predicted molar refractivity (Wildman–Crippen MR) is 174 cm³/mol. The van der Waals surface area contributed by atoms with Crippen LogP contribution in [0.4, 0.5) is 0 Å². The third kappa shape index (κ3) is 7.69. The van der Waals surface area contributed by atoms with E-state index in [9.17, 15) is 14.4 Å². The van der Waals surface area contributed by atoms with Crippen LogP contribution in [0.25, 0.3) is 10.9 Å². The molecule has 1 aromatic heterocycles. The van der Waals surface area contributed by atoms with Crippen LogP contribution in [-0.4, -0.2) is 48.0 Å². The van der Waals surface area contributed by atoms with E-state index >= 15 is 0 Å². The van der Waals surface area contributed by atoms with E-state index < -0.39 is 19.9 Å². The van der Waals surface area contributed by atoms with Gasteiger partial charge in [-0.05, 0) is 73.7 Å².